The van der Waals surface area contributed by atoms with Crippen LogP contribution in [0, 0.1) is 13.8 Å². The van der Waals surface area contributed by atoms with Gasteiger partial charge < -0.3 is 9.52 Å². The van der Waals surface area contributed by atoms with Crippen LogP contribution in [0.3, 0.4) is 0 Å². The SMILES string of the molecule is Cc1ccc(-c2csc(-c3cc4ccc(O)cc4oc3=O)n2)cc1C. The summed E-state index contributed by atoms with van der Waals surface area (Å²) in [6, 6.07) is 12.7. The minimum atomic E-state index is -0.459. The van der Waals surface area contributed by atoms with E-state index in [2.05, 4.69) is 31.0 Å². The third-order valence-corrected chi connectivity index (χ3v) is 5.13. The fourth-order valence-electron chi connectivity index (χ4n) is 2.68. The summed E-state index contributed by atoms with van der Waals surface area (Å²) < 4.78 is 5.33. The second kappa shape index (κ2) is 5.86. The van der Waals surface area contributed by atoms with Crippen molar-refractivity contribution in [3.63, 3.8) is 0 Å². The van der Waals surface area contributed by atoms with Crippen molar-refractivity contribution in [3.8, 4) is 27.6 Å². The van der Waals surface area contributed by atoms with Crippen molar-refractivity contribution < 1.29 is 9.52 Å². The molecule has 1 N–H and O–H groups in total. The van der Waals surface area contributed by atoms with Crippen molar-refractivity contribution in [1.82, 2.24) is 4.98 Å². The lowest BCUT2D eigenvalue weighted by Crippen LogP contribution is -2.02. The molecule has 2 heterocycles. The van der Waals surface area contributed by atoms with Gasteiger partial charge in [0.25, 0.3) is 0 Å². The molecule has 4 rings (SSSR count). The number of thiazole rings is 1. The third-order valence-electron chi connectivity index (χ3n) is 4.26. The molecule has 2 aromatic heterocycles. The second-order valence-corrected chi connectivity index (χ2v) is 6.86. The molecular weight excluding hydrogens is 334 g/mol. The van der Waals surface area contributed by atoms with E-state index < -0.39 is 5.63 Å². The number of aryl methyl sites for hydroxylation is 2. The van der Waals surface area contributed by atoms with Crippen LogP contribution in [0.25, 0.3) is 32.8 Å². The average Bonchev–Trinajstić information content (AvgIpc) is 3.06. The Morgan fingerprint density at radius 3 is 2.68 bits per heavy atom. The summed E-state index contributed by atoms with van der Waals surface area (Å²) in [6.07, 6.45) is 0. The molecule has 0 aliphatic rings. The highest BCUT2D eigenvalue weighted by Gasteiger charge is 2.13. The van der Waals surface area contributed by atoms with Gasteiger partial charge in [-0.15, -0.1) is 11.3 Å². The van der Waals surface area contributed by atoms with Crippen LogP contribution in [-0.4, -0.2) is 10.1 Å². The van der Waals surface area contributed by atoms with Gasteiger partial charge in [0, 0.05) is 22.4 Å². The van der Waals surface area contributed by atoms with Crippen LogP contribution in [0.15, 0.2) is 57.1 Å². The molecule has 4 aromatic rings. The van der Waals surface area contributed by atoms with Crippen LogP contribution >= 0.6 is 11.3 Å². The lowest BCUT2D eigenvalue weighted by atomic mass is 10.1. The highest BCUT2D eigenvalue weighted by molar-refractivity contribution is 7.13. The minimum absolute atomic E-state index is 0.0645. The first-order valence-corrected chi connectivity index (χ1v) is 8.69. The maximum absolute atomic E-state index is 12.3. The Morgan fingerprint density at radius 2 is 1.88 bits per heavy atom. The number of nitrogens with zero attached hydrogens (tertiary/aromatic N) is 1. The summed E-state index contributed by atoms with van der Waals surface area (Å²) in [4.78, 5) is 16.9. The molecular formula is C20H15NO3S. The highest BCUT2D eigenvalue weighted by Crippen LogP contribution is 2.30. The molecule has 2 aromatic carbocycles. The summed E-state index contributed by atoms with van der Waals surface area (Å²) in [5.41, 5.74) is 4.64. The number of phenols is 1. The van der Waals surface area contributed by atoms with E-state index in [1.54, 1.807) is 18.2 Å². The number of benzene rings is 2. The smallest absolute Gasteiger partial charge is 0.346 e. The zero-order valence-electron chi connectivity index (χ0n) is 13.7. The standard InChI is InChI=1S/C20H15NO3S/c1-11-3-4-13(7-12(11)2)17-10-25-19(21-17)16-8-14-5-6-15(22)9-18(14)24-20(16)23/h3-10,22H,1-2H3. The Balaban J connectivity index is 1.80. The van der Waals surface area contributed by atoms with E-state index >= 15 is 0 Å². The van der Waals surface area contributed by atoms with E-state index in [4.69, 9.17) is 4.42 Å². The molecule has 0 saturated carbocycles. The van der Waals surface area contributed by atoms with Crippen LogP contribution in [0.2, 0.25) is 0 Å². The number of rotatable bonds is 2. The largest absolute Gasteiger partial charge is 0.508 e. The van der Waals surface area contributed by atoms with Crippen LogP contribution in [0.1, 0.15) is 11.1 Å². The molecule has 0 aliphatic heterocycles. The van der Waals surface area contributed by atoms with Gasteiger partial charge in [0.15, 0.2) is 0 Å². The molecule has 0 bridgehead atoms. The fraction of sp³-hybridized carbons (Fsp3) is 0.100. The molecule has 124 valence electrons. The first-order valence-electron chi connectivity index (χ1n) is 7.82. The van der Waals surface area contributed by atoms with Gasteiger partial charge in [-0.3, -0.25) is 0 Å². The Hall–Kier alpha value is -2.92. The quantitative estimate of drug-likeness (QED) is 0.523. The van der Waals surface area contributed by atoms with Crippen molar-refractivity contribution in [2.75, 3.05) is 0 Å². The number of hydrogen-bond acceptors (Lipinski definition) is 5. The molecule has 0 spiro atoms. The first kappa shape index (κ1) is 15.6. The number of aromatic hydroxyl groups is 1. The molecule has 5 heteroatoms. The van der Waals surface area contributed by atoms with Gasteiger partial charge in [0.05, 0.1) is 11.3 Å². The van der Waals surface area contributed by atoms with Crippen LogP contribution < -0.4 is 5.63 Å². The Kier molecular flexibility index (Phi) is 3.66. The van der Waals surface area contributed by atoms with E-state index in [-0.39, 0.29) is 5.75 Å². The van der Waals surface area contributed by atoms with Gasteiger partial charge in [-0.25, -0.2) is 9.78 Å². The number of hydrogen-bond donors (Lipinski definition) is 1. The van der Waals surface area contributed by atoms with E-state index in [0.29, 0.717) is 16.2 Å². The van der Waals surface area contributed by atoms with Crippen molar-refractivity contribution in [2.24, 2.45) is 0 Å². The monoisotopic (exact) mass is 349 g/mol. The average molecular weight is 349 g/mol. The van der Waals surface area contributed by atoms with E-state index in [0.717, 1.165) is 16.6 Å². The van der Waals surface area contributed by atoms with Crippen molar-refractivity contribution in [1.29, 1.82) is 0 Å². The third kappa shape index (κ3) is 2.83. The number of fused-ring (bicyclic) bond motifs is 1. The zero-order chi connectivity index (χ0) is 17.6. The van der Waals surface area contributed by atoms with E-state index in [9.17, 15) is 9.90 Å². The highest BCUT2D eigenvalue weighted by atomic mass is 32.1. The normalized spacial score (nSPS) is 11.1. The molecule has 4 nitrogen and oxygen atoms in total. The van der Waals surface area contributed by atoms with Gasteiger partial charge in [-0.05, 0) is 49.2 Å². The van der Waals surface area contributed by atoms with Crippen molar-refractivity contribution >= 4 is 22.3 Å². The summed E-state index contributed by atoms with van der Waals surface area (Å²) >= 11 is 1.41. The molecule has 0 amide bonds. The fourth-order valence-corrected chi connectivity index (χ4v) is 3.51. The summed E-state index contributed by atoms with van der Waals surface area (Å²) in [5, 5.41) is 12.8. The predicted molar refractivity (Wildman–Crippen MR) is 100 cm³/mol. The van der Waals surface area contributed by atoms with E-state index in [1.807, 2.05) is 11.4 Å². The Morgan fingerprint density at radius 1 is 1.04 bits per heavy atom. The van der Waals surface area contributed by atoms with E-state index in [1.165, 1.54) is 28.5 Å². The van der Waals surface area contributed by atoms with Gasteiger partial charge in [-0.2, -0.15) is 0 Å². The molecule has 25 heavy (non-hydrogen) atoms. The molecule has 0 saturated heterocycles. The number of aromatic nitrogens is 1. The Bertz CT molecular complexity index is 1160. The summed E-state index contributed by atoms with van der Waals surface area (Å²) in [6.45, 7) is 4.14. The van der Waals surface area contributed by atoms with Gasteiger partial charge in [-0.1, -0.05) is 12.1 Å². The zero-order valence-corrected chi connectivity index (χ0v) is 14.6. The Labute approximate surface area is 148 Å². The lowest BCUT2D eigenvalue weighted by Gasteiger charge is -2.02. The minimum Gasteiger partial charge on any atom is -0.508 e. The predicted octanol–water partition coefficient (Wildman–Crippen LogP) is 4.91. The van der Waals surface area contributed by atoms with Gasteiger partial charge >= 0.3 is 5.63 Å². The molecule has 0 fully saturated rings. The van der Waals surface area contributed by atoms with Gasteiger partial charge in [0.1, 0.15) is 16.3 Å². The molecule has 0 aliphatic carbocycles. The van der Waals surface area contributed by atoms with Gasteiger partial charge in [0.2, 0.25) is 0 Å². The summed E-state index contributed by atoms with van der Waals surface area (Å²) in [7, 11) is 0. The van der Waals surface area contributed by atoms with Crippen molar-refractivity contribution in [3.05, 3.63) is 69.4 Å². The van der Waals surface area contributed by atoms with Crippen LogP contribution in [0.5, 0.6) is 5.75 Å². The van der Waals surface area contributed by atoms with Crippen LogP contribution in [-0.2, 0) is 0 Å². The molecule has 0 unspecified atom stereocenters. The maximum Gasteiger partial charge on any atom is 0.346 e. The topological polar surface area (TPSA) is 63.3 Å². The molecule has 0 radical (unpaired) electrons. The summed E-state index contributed by atoms with van der Waals surface area (Å²) in [5.74, 6) is 0.0645. The molecule has 0 atom stereocenters. The first-order chi connectivity index (χ1) is 12.0. The number of phenolic OH excluding ortho intramolecular Hbond substituents is 1. The van der Waals surface area contributed by atoms with Crippen molar-refractivity contribution in [2.45, 2.75) is 13.8 Å². The second-order valence-electron chi connectivity index (χ2n) is 6.01. The van der Waals surface area contributed by atoms with Crippen LogP contribution in [0.4, 0.5) is 0 Å². The maximum atomic E-state index is 12.3. The lowest BCUT2D eigenvalue weighted by molar-refractivity contribution is 0.473.